The molecule has 0 bridgehead atoms. The number of nitrogens with zero attached hydrogens (tertiary/aromatic N) is 1. The van der Waals surface area contributed by atoms with Crippen LogP contribution in [-0.4, -0.2) is 28.1 Å². The van der Waals surface area contributed by atoms with Crippen LogP contribution in [0, 0.1) is 17.8 Å². The summed E-state index contributed by atoms with van der Waals surface area (Å²) in [6.07, 6.45) is -12.4. The number of rotatable bonds is 10. The van der Waals surface area contributed by atoms with Gasteiger partial charge in [0.25, 0.3) is 0 Å². The number of aryl methyl sites for hydroxylation is 1. The molecule has 5 nitrogen and oxygen atoms in total. The van der Waals surface area contributed by atoms with E-state index in [0.717, 1.165) is 49.1 Å². The standard InChI is InChI=1S/C33H36F9NO4/c1-3-20(21-6-4-19(5-7-21)12-28(44)45)8-9-22-10-11-25(31(34,35)36)15-24(22)17-43-18(2)29(47-30(43)46)23-13-26(32(37,38)39)16-27(14-23)33(40,41)42/h10-11,13-16,18-21,29H,3-9,12,17H2,1-2H3,(H,44,45)/t18?,19?,20?,21?,29-/m0/s1. The monoisotopic (exact) mass is 681 g/mol. The highest BCUT2D eigenvalue weighted by atomic mass is 19.4. The van der Waals surface area contributed by atoms with E-state index < -0.39 is 71.5 Å². The molecule has 1 saturated carbocycles. The molecule has 0 spiro atoms. The van der Waals surface area contributed by atoms with Crippen molar-refractivity contribution in [2.75, 3.05) is 0 Å². The van der Waals surface area contributed by atoms with Gasteiger partial charge < -0.3 is 9.84 Å². The van der Waals surface area contributed by atoms with Crippen molar-refractivity contribution in [2.45, 2.75) is 102 Å². The number of amides is 1. The van der Waals surface area contributed by atoms with E-state index >= 15 is 0 Å². The maximum atomic E-state index is 13.7. The molecule has 1 heterocycles. The molecule has 1 aliphatic carbocycles. The second kappa shape index (κ2) is 14.0. The molecule has 0 radical (unpaired) electrons. The Morgan fingerprint density at radius 3 is 1.96 bits per heavy atom. The van der Waals surface area contributed by atoms with E-state index in [4.69, 9.17) is 9.84 Å². The number of benzene rings is 2. The smallest absolute Gasteiger partial charge is 0.416 e. The first-order valence-electron chi connectivity index (χ1n) is 15.4. The van der Waals surface area contributed by atoms with E-state index in [-0.39, 0.29) is 29.9 Å². The summed E-state index contributed by atoms with van der Waals surface area (Å²) in [5.74, 6) is -0.172. The van der Waals surface area contributed by atoms with Crippen LogP contribution < -0.4 is 0 Å². The zero-order valence-corrected chi connectivity index (χ0v) is 25.7. The number of halogens is 9. The number of carboxylic acid groups (broad SMARTS) is 1. The second-order valence-electron chi connectivity index (χ2n) is 12.6. The summed E-state index contributed by atoms with van der Waals surface area (Å²) in [6.45, 7) is 2.96. The maximum Gasteiger partial charge on any atom is 0.416 e. The van der Waals surface area contributed by atoms with Crippen LogP contribution in [0.5, 0.6) is 0 Å². The van der Waals surface area contributed by atoms with Crippen LogP contribution in [0.1, 0.15) is 98.3 Å². The van der Waals surface area contributed by atoms with E-state index in [0.29, 0.717) is 36.5 Å². The quantitative estimate of drug-likeness (QED) is 0.254. The summed E-state index contributed by atoms with van der Waals surface area (Å²) in [4.78, 5) is 25.0. The van der Waals surface area contributed by atoms with Gasteiger partial charge in [-0.2, -0.15) is 39.5 Å². The fourth-order valence-electron chi connectivity index (χ4n) is 6.90. The van der Waals surface area contributed by atoms with E-state index in [9.17, 15) is 49.1 Å². The average molecular weight is 682 g/mol. The van der Waals surface area contributed by atoms with Gasteiger partial charge in [-0.15, -0.1) is 0 Å². The van der Waals surface area contributed by atoms with Gasteiger partial charge >= 0.3 is 30.6 Å². The van der Waals surface area contributed by atoms with Crippen molar-refractivity contribution in [1.82, 2.24) is 4.90 Å². The molecule has 260 valence electrons. The number of carbonyl (C=O) groups excluding carboxylic acids is 1. The number of aliphatic carboxylic acids is 1. The van der Waals surface area contributed by atoms with Crippen LogP contribution in [0.15, 0.2) is 36.4 Å². The van der Waals surface area contributed by atoms with E-state index in [1.807, 2.05) is 6.92 Å². The van der Waals surface area contributed by atoms with Gasteiger partial charge in [0.05, 0.1) is 22.7 Å². The number of ether oxygens (including phenoxy) is 1. The molecule has 1 saturated heterocycles. The summed E-state index contributed by atoms with van der Waals surface area (Å²) in [6, 6.07) is 2.98. The van der Waals surface area contributed by atoms with E-state index in [1.54, 1.807) is 0 Å². The topological polar surface area (TPSA) is 66.8 Å². The van der Waals surface area contributed by atoms with E-state index in [2.05, 4.69) is 0 Å². The van der Waals surface area contributed by atoms with Crippen molar-refractivity contribution in [2.24, 2.45) is 17.8 Å². The van der Waals surface area contributed by atoms with Gasteiger partial charge in [-0.05, 0) is 110 Å². The zero-order chi connectivity index (χ0) is 34.9. The number of carbonyl (C=O) groups is 2. The Kier molecular flexibility index (Phi) is 10.8. The Morgan fingerprint density at radius 1 is 0.872 bits per heavy atom. The molecule has 2 unspecified atom stereocenters. The molecule has 2 aromatic carbocycles. The molecule has 3 atom stereocenters. The Morgan fingerprint density at radius 2 is 1.45 bits per heavy atom. The van der Waals surface area contributed by atoms with Crippen LogP contribution in [-0.2, 0) is 41.0 Å². The zero-order valence-electron chi connectivity index (χ0n) is 25.7. The Bertz CT molecular complexity index is 1400. The number of cyclic esters (lactones) is 1. The van der Waals surface area contributed by atoms with Gasteiger partial charge in [-0.25, -0.2) is 4.79 Å². The third-order valence-corrected chi connectivity index (χ3v) is 9.54. The van der Waals surface area contributed by atoms with Crippen molar-refractivity contribution < 1.29 is 58.9 Å². The minimum absolute atomic E-state index is 0.0388. The first-order chi connectivity index (χ1) is 21.8. The molecular formula is C33H36F9NO4. The predicted octanol–water partition coefficient (Wildman–Crippen LogP) is 10.1. The largest absolute Gasteiger partial charge is 0.481 e. The van der Waals surface area contributed by atoms with Crippen molar-refractivity contribution in [3.05, 3.63) is 69.8 Å². The lowest BCUT2D eigenvalue weighted by Crippen LogP contribution is -2.32. The van der Waals surface area contributed by atoms with Gasteiger partial charge in [0.15, 0.2) is 0 Å². The number of carboxylic acids is 1. The molecule has 1 N–H and O–H groups in total. The summed E-state index contributed by atoms with van der Waals surface area (Å²) < 4.78 is 127. The molecule has 47 heavy (non-hydrogen) atoms. The fraction of sp³-hybridized carbons (Fsp3) is 0.576. The third-order valence-electron chi connectivity index (χ3n) is 9.54. The van der Waals surface area contributed by atoms with Crippen molar-refractivity contribution >= 4 is 12.1 Å². The highest BCUT2D eigenvalue weighted by Gasteiger charge is 2.44. The van der Waals surface area contributed by atoms with Crippen LogP contribution in [0.25, 0.3) is 0 Å². The van der Waals surface area contributed by atoms with Crippen LogP contribution >= 0.6 is 0 Å². The average Bonchev–Trinajstić information content (AvgIpc) is 3.25. The van der Waals surface area contributed by atoms with Gasteiger partial charge in [0.1, 0.15) is 6.10 Å². The predicted molar refractivity (Wildman–Crippen MR) is 152 cm³/mol. The summed E-state index contributed by atoms with van der Waals surface area (Å²) in [5.41, 5.74) is -3.99. The first-order valence-corrected chi connectivity index (χ1v) is 15.4. The van der Waals surface area contributed by atoms with Crippen LogP contribution in [0.4, 0.5) is 44.3 Å². The molecule has 1 aliphatic heterocycles. The molecular weight excluding hydrogens is 645 g/mol. The Hall–Kier alpha value is -3.45. The van der Waals surface area contributed by atoms with Crippen molar-refractivity contribution in [1.29, 1.82) is 0 Å². The lowest BCUT2D eigenvalue weighted by atomic mass is 9.72. The number of alkyl halides is 9. The fourth-order valence-corrected chi connectivity index (χ4v) is 6.90. The van der Waals surface area contributed by atoms with Crippen LogP contribution in [0.2, 0.25) is 0 Å². The number of hydrogen-bond acceptors (Lipinski definition) is 3. The molecule has 1 amide bonds. The summed E-state index contributed by atoms with van der Waals surface area (Å²) >= 11 is 0. The van der Waals surface area contributed by atoms with Gasteiger partial charge in [0.2, 0.25) is 0 Å². The molecule has 2 aromatic rings. The second-order valence-corrected chi connectivity index (χ2v) is 12.6. The maximum absolute atomic E-state index is 13.7. The van der Waals surface area contributed by atoms with Crippen molar-refractivity contribution in [3.63, 3.8) is 0 Å². The highest BCUT2D eigenvalue weighted by Crippen LogP contribution is 2.42. The lowest BCUT2D eigenvalue weighted by Gasteiger charge is -2.33. The Labute approximate surface area is 266 Å². The summed E-state index contributed by atoms with van der Waals surface area (Å²) in [7, 11) is 0. The lowest BCUT2D eigenvalue weighted by molar-refractivity contribution is -0.143. The van der Waals surface area contributed by atoms with Gasteiger partial charge in [-0.3, -0.25) is 9.69 Å². The molecule has 14 heteroatoms. The normalized spacial score (nSPS) is 23.1. The number of hydrogen-bond donors (Lipinski definition) is 1. The highest BCUT2D eigenvalue weighted by molar-refractivity contribution is 5.71. The summed E-state index contributed by atoms with van der Waals surface area (Å²) in [5, 5.41) is 9.10. The molecule has 2 fully saturated rings. The van der Waals surface area contributed by atoms with Gasteiger partial charge in [-0.1, -0.05) is 19.4 Å². The van der Waals surface area contributed by atoms with Crippen molar-refractivity contribution in [3.8, 4) is 0 Å². The molecule has 4 rings (SSSR count). The van der Waals surface area contributed by atoms with Crippen LogP contribution in [0.3, 0.4) is 0 Å². The van der Waals surface area contributed by atoms with E-state index in [1.165, 1.54) is 13.0 Å². The minimum Gasteiger partial charge on any atom is -0.481 e. The molecule has 2 aliphatic rings. The Balaban J connectivity index is 1.57. The first kappa shape index (κ1) is 36.4. The van der Waals surface area contributed by atoms with Gasteiger partial charge in [0, 0.05) is 13.0 Å². The SMILES string of the molecule is CCC(CCc1ccc(C(F)(F)F)cc1CN1C(=O)O[C@H](c2cc(C(F)(F)F)cc(C(F)(F)F)c2)C1C)C1CCC(CC(=O)O)CC1. The third kappa shape index (κ3) is 8.92. The molecule has 0 aromatic heterocycles. The minimum atomic E-state index is -5.12.